The molecule has 1 aliphatic heterocycles. The molecule has 0 aromatic heterocycles. The first-order valence-electron chi connectivity index (χ1n) is 6.22. The summed E-state index contributed by atoms with van der Waals surface area (Å²) in [5.74, 6) is 4.16. The molecule has 2 atom stereocenters. The normalized spacial score (nSPS) is 24.4. The molecule has 0 spiro atoms. The molecule has 0 aromatic rings. The Morgan fingerprint density at radius 3 is 2.80 bits per heavy atom. The van der Waals surface area contributed by atoms with E-state index in [0.29, 0.717) is 0 Å². The lowest BCUT2D eigenvalue weighted by atomic mass is 9.98. The molecular weight excluding hydrogens is 204 g/mol. The maximum atomic E-state index is 3.57. The van der Waals surface area contributed by atoms with Crippen molar-refractivity contribution in [2.24, 2.45) is 11.8 Å². The topological polar surface area (TPSA) is 24.1 Å². The lowest BCUT2D eigenvalue weighted by Crippen LogP contribution is -2.39. The van der Waals surface area contributed by atoms with Gasteiger partial charge in [-0.1, -0.05) is 20.8 Å². The van der Waals surface area contributed by atoms with E-state index in [-0.39, 0.29) is 0 Å². The van der Waals surface area contributed by atoms with Crippen LogP contribution in [0.5, 0.6) is 0 Å². The van der Waals surface area contributed by atoms with Crippen molar-refractivity contribution in [1.29, 1.82) is 0 Å². The number of rotatable bonds is 6. The fourth-order valence-electron chi connectivity index (χ4n) is 1.65. The molecule has 1 aliphatic rings. The smallest absolute Gasteiger partial charge is 0.0170 e. The molecule has 0 saturated carbocycles. The third-order valence-corrected chi connectivity index (χ3v) is 4.40. The molecular formula is C12H26N2S. The Hall–Kier alpha value is 0.270. The number of hydrogen-bond donors (Lipinski definition) is 2. The first-order valence-corrected chi connectivity index (χ1v) is 7.37. The third kappa shape index (κ3) is 5.79. The lowest BCUT2D eigenvalue weighted by Gasteiger charge is -2.23. The van der Waals surface area contributed by atoms with Gasteiger partial charge in [-0.15, -0.1) is 0 Å². The monoisotopic (exact) mass is 230 g/mol. The Kier molecular flexibility index (Phi) is 6.69. The maximum absolute atomic E-state index is 3.57. The predicted molar refractivity (Wildman–Crippen MR) is 70.6 cm³/mol. The Morgan fingerprint density at radius 2 is 2.20 bits per heavy atom. The molecule has 3 heteroatoms. The molecule has 2 N–H and O–H groups in total. The van der Waals surface area contributed by atoms with Gasteiger partial charge in [0, 0.05) is 24.1 Å². The summed E-state index contributed by atoms with van der Waals surface area (Å²) in [7, 11) is 0. The summed E-state index contributed by atoms with van der Waals surface area (Å²) in [5.41, 5.74) is 0. The van der Waals surface area contributed by atoms with Gasteiger partial charge < -0.3 is 10.6 Å². The van der Waals surface area contributed by atoms with Gasteiger partial charge in [0.1, 0.15) is 0 Å². The molecule has 1 saturated heterocycles. The Balaban J connectivity index is 1.96. The van der Waals surface area contributed by atoms with E-state index >= 15 is 0 Å². The fraction of sp³-hybridized carbons (Fsp3) is 1.00. The molecule has 2 unspecified atom stereocenters. The number of thioether (sulfide) groups is 1. The second-order valence-corrected chi connectivity index (χ2v) is 6.09. The minimum absolute atomic E-state index is 0.741. The highest BCUT2D eigenvalue weighted by atomic mass is 32.2. The van der Waals surface area contributed by atoms with Crippen LogP contribution in [0.3, 0.4) is 0 Å². The Morgan fingerprint density at radius 1 is 1.40 bits per heavy atom. The first-order chi connectivity index (χ1) is 7.20. The third-order valence-electron chi connectivity index (χ3n) is 3.27. The van der Waals surface area contributed by atoms with Crippen LogP contribution < -0.4 is 10.6 Å². The van der Waals surface area contributed by atoms with Crippen LogP contribution in [0.1, 0.15) is 27.2 Å². The van der Waals surface area contributed by atoms with Gasteiger partial charge in [-0.05, 0) is 31.3 Å². The zero-order valence-electron chi connectivity index (χ0n) is 10.4. The highest BCUT2D eigenvalue weighted by Gasteiger charge is 2.12. The average Bonchev–Trinajstić information content (AvgIpc) is 2.25. The quantitative estimate of drug-likeness (QED) is 0.682. The molecule has 0 aromatic carbocycles. The standard InChI is InChI=1S/C12H26N2S/c1-10(2)11(3)8-13-5-4-12-9-15-7-6-14-12/h10-14H,4-9H2,1-3H3. The van der Waals surface area contributed by atoms with Gasteiger partial charge in [0.25, 0.3) is 0 Å². The molecule has 2 nitrogen and oxygen atoms in total. The minimum atomic E-state index is 0.741. The van der Waals surface area contributed by atoms with Gasteiger partial charge in [-0.3, -0.25) is 0 Å². The first kappa shape index (κ1) is 13.3. The van der Waals surface area contributed by atoms with E-state index in [2.05, 4.69) is 43.2 Å². The van der Waals surface area contributed by atoms with Crippen molar-refractivity contribution in [3.05, 3.63) is 0 Å². The molecule has 0 aliphatic carbocycles. The minimum Gasteiger partial charge on any atom is -0.316 e. The summed E-state index contributed by atoms with van der Waals surface area (Å²) in [6.07, 6.45) is 1.28. The molecule has 1 heterocycles. The molecule has 0 radical (unpaired) electrons. The van der Waals surface area contributed by atoms with Crippen LogP contribution in [0.2, 0.25) is 0 Å². The van der Waals surface area contributed by atoms with Crippen LogP contribution in [0, 0.1) is 11.8 Å². The maximum Gasteiger partial charge on any atom is 0.0170 e. The fourth-order valence-corrected chi connectivity index (χ4v) is 2.64. The van der Waals surface area contributed by atoms with E-state index in [9.17, 15) is 0 Å². The van der Waals surface area contributed by atoms with Crippen molar-refractivity contribution in [3.8, 4) is 0 Å². The van der Waals surface area contributed by atoms with E-state index in [1.807, 2.05) is 0 Å². The highest BCUT2D eigenvalue weighted by Crippen LogP contribution is 2.10. The van der Waals surface area contributed by atoms with E-state index in [1.54, 1.807) is 0 Å². The van der Waals surface area contributed by atoms with Crippen LogP contribution in [-0.4, -0.2) is 37.2 Å². The second-order valence-electron chi connectivity index (χ2n) is 4.94. The van der Waals surface area contributed by atoms with Gasteiger partial charge in [0.05, 0.1) is 0 Å². The molecule has 0 amide bonds. The van der Waals surface area contributed by atoms with E-state index in [1.165, 1.54) is 24.5 Å². The van der Waals surface area contributed by atoms with Crippen LogP contribution >= 0.6 is 11.8 Å². The highest BCUT2D eigenvalue weighted by molar-refractivity contribution is 7.99. The summed E-state index contributed by atoms with van der Waals surface area (Å²) in [6.45, 7) is 10.4. The number of nitrogens with one attached hydrogen (secondary N) is 2. The van der Waals surface area contributed by atoms with Crippen molar-refractivity contribution in [1.82, 2.24) is 10.6 Å². The zero-order chi connectivity index (χ0) is 11.1. The van der Waals surface area contributed by atoms with Gasteiger partial charge in [-0.2, -0.15) is 11.8 Å². The van der Waals surface area contributed by atoms with Crippen molar-refractivity contribution in [2.45, 2.75) is 33.2 Å². The molecule has 1 rings (SSSR count). The summed E-state index contributed by atoms with van der Waals surface area (Å²) < 4.78 is 0. The summed E-state index contributed by atoms with van der Waals surface area (Å²) in [5, 5.41) is 7.13. The summed E-state index contributed by atoms with van der Waals surface area (Å²) in [4.78, 5) is 0. The van der Waals surface area contributed by atoms with Gasteiger partial charge in [-0.25, -0.2) is 0 Å². The van der Waals surface area contributed by atoms with Crippen molar-refractivity contribution >= 4 is 11.8 Å². The molecule has 1 fully saturated rings. The van der Waals surface area contributed by atoms with E-state index < -0.39 is 0 Å². The van der Waals surface area contributed by atoms with Gasteiger partial charge in [0.2, 0.25) is 0 Å². The molecule has 90 valence electrons. The van der Waals surface area contributed by atoms with E-state index in [4.69, 9.17) is 0 Å². The Labute approximate surface area is 99.0 Å². The summed E-state index contributed by atoms with van der Waals surface area (Å²) in [6, 6.07) is 0.741. The van der Waals surface area contributed by atoms with Gasteiger partial charge >= 0.3 is 0 Å². The van der Waals surface area contributed by atoms with Crippen LogP contribution in [0.25, 0.3) is 0 Å². The lowest BCUT2D eigenvalue weighted by molar-refractivity contribution is 0.385. The van der Waals surface area contributed by atoms with E-state index in [0.717, 1.165) is 31.0 Å². The van der Waals surface area contributed by atoms with Crippen LogP contribution in [0.15, 0.2) is 0 Å². The molecule has 15 heavy (non-hydrogen) atoms. The number of hydrogen-bond acceptors (Lipinski definition) is 3. The molecule has 0 bridgehead atoms. The largest absolute Gasteiger partial charge is 0.316 e. The SMILES string of the molecule is CC(C)C(C)CNCCC1CSCCN1. The average molecular weight is 230 g/mol. The Bertz CT molecular complexity index is 156. The second kappa shape index (κ2) is 7.53. The van der Waals surface area contributed by atoms with Gasteiger partial charge in [0.15, 0.2) is 0 Å². The van der Waals surface area contributed by atoms with Crippen molar-refractivity contribution in [3.63, 3.8) is 0 Å². The van der Waals surface area contributed by atoms with Crippen LogP contribution in [0.4, 0.5) is 0 Å². The zero-order valence-corrected chi connectivity index (χ0v) is 11.2. The predicted octanol–water partition coefficient (Wildman–Crippen LogP) is 1.96. The van der Waals surface area contributed by atoms with Crippen LogP contribution in [-0.2, 0) is 0 Å². The summed E-state index contributed by atoms with van der Waals surface area (Å²) >= 11 is 2.08. The van der Waals surface area contributed by atoms with Crippen molar-refractivity contribution < 1.29 is 0 Å². The van der Waals surface area contributed by atoms with Crippen molar-refractivity contribution in [2.75, 3.05) is 31.1 Å².